The summed E-state index contributed by atoms with van der Waals surface area (Å²) < 4.78 is 27.3. The van der Waals surface area contributed by atoms with Gasteiger partial charge in [-0.05, 0) is 61.2 Å². The van der Waals surface area contributed by atoms with Crippen LogP contribution in [0.4, 0.5) is 5.69 Å². The summed E-state index contributed by atoms with van der Waals surface area (Å²) in [7, 11) is -3.52. The predicted octanol–water partition coefficient (Wildman–Crippen LogP) is 4.06. The maximum atomic E-state index is 12.4. The Morgan fingerprint density at radius 2 is 1.62 bits per heavy atom. The van der Waals surface area contributed by atoms with Crippen LogP contribution in [0.2, 0.25) is 0 Å². The first kappa shape index (κ1) is 15.6. The number of sulfonamides is 1. The van der Waals surface area contributed by atoms with Gasteiger partial charge in [0.25, 0.3) is 10.0 Å². The summed E-state index contributed by atoms with van der Waals surface area (Å²) in [4.78, 5) is 0.292. The average molecular weight is 303 g/mol. The molecular weight excluding hydrogens is 282 g/mol. The molecule has 0 saturated carbocycles. The van der Waals surface area contributed by atoms with E-state index in [0.717, 1.165) is 29.5 Å². The highest BCUT2D eigenvalue weighted by atomic mass is 32.2. The van der Waals surface area contributed by atoms with E-state index < -0.39 is 10.0 Å². The fourth-order valence-electron chi connectivity index (χ4n) is 2.14. The van der Waals surface area contributed by atoms with E-state index in [2.05, 4.69) is 11.6 Å². The number of benzene rings is 2. The Hall–Kier alpha value is -1.81. The van der Waals surface area contributed by atoms with Crippen molar-refractivity contribution in [3.05, 3.63) is 59.2 Å². The van der Waals surface area contributed by atoms with Crippen molar-refractivity contribution in [2.45, 2.75) is 38.5 Å². The molecule has 2 aromatic rings. The first-order chi connectivity index (χ1) is 9.92. The molecule has 0 saturated heterocycles. The molecule has 0 unspecified atom stereocenters. The number of hydrogen-bond donors (Lipinski definition) is 1. The predicted molar refractivity (Wildman–Crippen MR) is 87.2 cm³/mol. The van der Waals surface area contributed by atoms with Crippen LogP contribution in [-0.2, 0) is 16.4 Å². The highest BCUT2D eigenvalue weighted by molar-refractivity contribution is 7.92. The van der Waals surface area contributed by atoms with Crippen molar-refractivity contribution < 1.29 is 8.42 Å². The molecule has 2 rings (SSSR count). The van der Waals surface area contributed by atoms with Gasteiger partial charge in [-0.15, -0.1) is 0 Å². The average Bonchev–Trinajstić information content (AvgIpc) is 2.44. The number of anilines is 1. The van der Waals surface area contributed by atoms with Gasteiger partial charge in [-0.3, -0.25) is 4.72 Å². The van der Waals surface area contributed by atoms with Gasteiger partial charge in [-0.25, -0.2) is 8.42 Å². The van der Waals surface area contributed by atoms with Crippen LogP contribution in [0.5, 0.6) is 0 Å². The van der Waals surface area contributed by atoms with E-state index in [4.69, 9.17) is 0 Å². The number of rotatable bonds is 5. The molecule has 0 aliphatic carbocycles. The minimum atomic E-state index is -3.52. The summed E-state index contributed by atoms with van der Waals surface area (Å²) in [6.07, 6.45) is 2.01. The molecule has 0 atom stereocenters. The quantitative estimate of drug-likeness (QED) is 0.905. The van der Waals surface area contributed by atoms with Crippen LogP contribution in [0.3, 0.4) is 0 Å². The van der Waals surface area contributed by atoms with Gasteiger partial charge in [0.15, 0.2) is 0 Å². The second kappa shape index (κ2) is 6.31. The van der Waals surface area contributed by atoms with E-state index in [1.807, 2.05) is 38.1 Å². The molecule has 0 radical (unpaired) electrons. The van der Waals surface area contributed by atoms with Crippen molar-refractivity contribution in [3.8, 4) is 0 Å². The molecule has 0 aromatic heterocycles. The highest BCUT2D eigenvalue weighted by Crippen LogP contribution is 2.19. The van der Waals surface area contributed by atoms with Gasteiger partial charge in [-0.1, -0.05) is 31.5 Å². The second-order valence-corrected chi connectivity index (χ2v) is 6.98. The lowest BCUT2D eigenvalue weighted by Crippen LogP contribution is -2.13. The fourth-order valence-corrected chi connectivity index (χ4v) is 3.19. The van der Waals surface area contributed by atoms with Gasteiger partial charge >= 0.3 is 0 Å². The van der Waals surface area contributed by atoms with Crippen LogP contribution in [0.15, 0.2) is 47.4 Å². The lowest BCUT2D eigenvalue weighted by Gasteiger charge is -2.10. The number of nitrogens with one attached hydrogen (secondary N) is 1. The summed E-state index contributed by atoms with van der Waals surface area (Å²) in [5.74, 6) is 0. The minimum Gasteiger partial charge on any atom is -0.280 e. The Balaban J connectivity index is 2.23. The van der Waals surface area contributed by atoms with Crippen LogP contribution < -0.4 is 4.72 Å². The molecule has 4 heteroatoms. The van der Waals surface area contributed by atoms with E-state index in [9.17, 15) is 8.42 Å². The van der Waals surface area contributed by atoms with Crippen molar-refractivity contribution in [1.82, 2.24) is 0 Å². The molecule has 0 fully saturated rings. The third-order valence-corrected chi connectivity index (χ3v) is 4.93. The van der Waals surface area contributed by atoms with Gasteiger partial charge in [-0.2, -0.15) is 0 Å². The van der Waals surface area contributed by atoms with Gasteiger partial charge < -0.3 is 0 Å². The lowest BCUT2D eigenvalue weighted by molar-refractivity contribution is 0.601. The van der Waals surface area contributed by atoms with Crippen molar-refractivity contribution >= 4 is 15.7 Å². The second-order valence-electron chi connectivity index (χ2n) is 5.30. The van der Waals surface area contributed by atoms with Crippen molar-refractivity contribution in [2.75, 3.05) is 4.72 Å². The SMILES string of the molecule is CCCc1ccc(S(=O)(=O)Nc2ccc(C)c(C)c2)cc1. The van der Waals surface area contributed by atoms with E-state index in [-0.39, 0.29) is 0 Å². The fraction of sp³-hybridized carbons (Fsp3) is 0.294. The smallest absolute Gasteiger partial charge is 0.261 e. The number of hydrogen-bond acceptors (Lipinski definition) is 2. The molecule has 0 aliphatic rings. The topological polar surface area (TPSA) is 46.2 Å². The molecule has 3 nitrogen and oxygen atoms in total. The molecule has 2 aromatic carbocycles. The standard InChI is InChI=1S/C17H21NO2S/c1-4-5-15-7-10-17(11-8-15)21(19,20)18-16-9-6-13(2)14(3)12-16/h6-12,18H,4-5H2,1-3H3. The first-order valence-electron chi connectivity index (χ1n) is 7.11. The van der Waals surface area contributed by atoms with Crippen LogP contribution in [-0.4, -0.2) is 8.42 Å². The van der Waals surface area contributed by atoms with Crippen LogP contribution >= 0.6 is 0 Å². The lowest BCUT2D eigenvalue weighted by atomic mass is 10.1. The Labute approximate surface area is 127 Å². The molecule has 1 N–H and O–H groups in total. The molecule has 0 bridgehead atoms. The van der Waals surface area contributed by atoms with Gasteiger partial charge in [0.1, 0.15) is 0 Å². The maximum absolute atomic E-state index is 12.4. The number of aryl methyl sites for hydroxylation is 3. The summed E-state index contributed by atoms with van der Waals surface area (Å²) in [6, 6.07) is 12.6. The zero-order valence-corrected chi connectivity index (χ0v) is 13.5. The van der Waals surface area contributed by atoms with Crippen LogP contribution in [0.25, 0.3) is 0 Å². The summed E-state index contributed by atoms with van der Waals surface area (Å²) in [6.45, 7) is 6.07. The maximum Gasteiger partial charge on any atom is 0.261 e. The Bertz CT molecular complexity index is 719. The Morgan fingerprint density at radius 1 is 0.952 bits per heavy atom. The molecule has 0 amide bonds. The van der Waals surface area contributed by atoms with E-state index in [1.165, 1.54) is 0 Å². The van der Waals surface area contributed by atoms with E-state index in [0.29, 0.717) is 10.6 Å². The molecule has 0 heterocycles. The molecule has 21 heavy (non-hydrogen) atoms. The molecule has 112 valence electrons. The van der Waals surface area contributed by atoms with E-state index in [1.54, 1.807) is 18.2 Å². The van der Waals surface area contributed by atoms with Crippen molar-refractivity contribution in [2.24, 2.45) is 0 Å². The summed E-state index contributed by atoms with van der Waals surface area (Å²) >= 11 is 0. The minimum absolute atomic E-state index is 0.292. The normalized spacial score (nSPS) is 11.4. The van der Waals surface area contributed by atoms with Gasteiger partial charge in [0.05, 0.1) is 4.90 Å². The summed E-state index contributed by atoms with van der Waals surface area (Å²) in [5, 5.41) is 0. The molecular formula is C17H21NO2S. The largest absolute Gasteiger partial charge is 0.280 e. The van der Waals surface area contributed by atoms with Crippen LogP contribution in [0.1, 0.15) is 30.0 Å². The van der Waals surface area contributed by atoms with Crippen molar-refractivity contribution in [1.29, 1.82) is 0 Å². The third-order valence-electron chi connectivity index (χ3n) is 3.53. The summed E-state index contributed by atoms with van der Waals surface area (Å²) in [5.41, 5.74) is 3.95. The molecule has 0 aliphatic heterocycles. The molecule has 0 spiro atoms. The monoisotopic (exact) mass is 303 g/mol. The zero-order valence-electron chi connectivity index (χ0n) is 12.7. The van der Waals surface area contributed by atoms with Gasteiger partial charge in [0.2, 0.25) is 0 Å². The van der Waals surface area contributed by atoms with E-state index >= 15 is 0 Å². The first-order valence-corrected chi connectivity index (χ1v) is 8.59. The Morgan fingerprint density at radius 3 is 2.19 bits per heavy atom. The Kier molecular flexibility index (Phi) is 4.68. The van der Waals surface area contributed by atoms with Crippen LogP contribution in [0, 0.1) is 13.8 Å². The zero-order chi connectivity index (χ0) is 15.5. The highest BCUT2D eigenvalue weighted by Gasteiger charge is 2.14. The van der Waals surface area contributed by atoms with Gasteiger partial charge in [0, 0.05) is 5.69 Å². The third kappa shape index (κ3) is 3.85. The van der Waals surface area contributed by atoms with Crippen molar-refractivity contribution in [3.63, 3.8) is 0 Å².